The van der Waals surface area contributed by atoms with E-state index in [1.165, 1.54) is 19.2 Å². The monoisotopic (exact) mass is 342 g/mol. The minimum atomic E-state index is -0.952. The highest BCUT2D eigenvalue weighted by Gasteiger charge is 2.13. The van der Waals surface area contributed by atoms with E-state index in [2.05, 4.69) is 10.6 Å². The highest BCUT2D eigenvalue weighted by Crippen LogP contribution is 2.25. The smallest absolute Gasteiger partial charge is 0.323 e. The number of carbonyl (C=O) groups is 1. The Bertz CT molecular complexity index is 741. The zero-order valence-electron chi connectivity index (χ0n) is 12.0. The van der Waals surface area contributed by atoms with Gasteiger partial charge in [-0.2, -0.15) is 0 Å². The number of amides is 2. The zero-order chi connectivity index (χ0) is 17.0. The molecule has 122 valence electrons. The minimum absolute atomic E-state index is 0.170. The number of hydrogen-bond donors (Lipinski definition) is 3. The third-order valence-electron chi connectivity index (χ3n) is 2.93. The Kier molecular flexibility index (Phi) is 5.36. The van der Waals surface area contributed by atoms with E-state index in [-0.39, 0.29) is 11.3 Å². The summed E-state index contributed by atoms with van der Waals surface area (Å²) in [6.07, 6.45) is 0. The van der Waals surface area contributed by atoms with Crippen LogP contribution >= 0.6 is 11.6 Å². The lowest BCUT2D eigenvalue weighted by Gasteiger charge is -2.12. The van der Waals surface area contributed by atoms with Crippen LogP contribution in [-0.4, -0.2) is 18.2 Å². The Balaban J connectivity index is 2.19. The number of urea groups is 1. The number of nitrogens with one attached hydrogen (secondary N) is 2. The number of benzene rings is 2. The lowest BCUT2D eigenvalue weighted by Crippen LogP contribution is -2.21. The van der Waals surface area contributed by atoms with Gasteiger partial charge in [-0.25, -0.2) is 13.6 Å². The van der Waals surface area contributed by atoms with E-state index in [1.54, 1.807) is 6.07 Å². The predicted molar refractivity (Wildman–Crippen MR) is 82.9 cm³/mol. The molecule has 0 unspecified atom stereocenters. The molecule has 3 N–H and O–H groups in total. The molecule has 23 heavy (non-hydrogen) atoms. The van der Waals surface area contributed by atoms with Crippen LogP contribution in [0.1, 0.15) is 5.56 Å². The number of halogens is 3. The quantitative estimate of drug-likeness (QED) is 0.792. The fourth-order valence-corrected chi connectivity index (χ4v) is 2.14. The molecule has 0 radical (unpaired) electrons. The molecule has 0 atom stereocenters. The molecule has 0 bridgehead atoms. The second kappa shape index (κ2) is 7.26. The Hall–Kier alpha value is -2.38. The maximum Gasteiger partial charge on any atom is 0.323 e. The van der Waals surface area contributed by atoms with E-state index >= 15 is 0 Å². The van der Waals surface area contributed by atoms with Crippen LogP contribution in [0.3, 0.4) is 0 Å². The Morgan fingerprint density at radius 3 is 2.61 bits per heavy atom. The van der Waals surface area contributed by atoms with Crippen molar-refractivity contribution in [3.63, 3.8) is 0 Å². The molecule has 2 aromatic rings. The van der Waals surface area contributed by atoms with Crippen molar-refractivity contribution in [2.75, 3.05) is 17.7 Å². The maximum absolute atomic E-state index is 13.5. The Morgan fingerprint density at radius 2 is 1.96 bits per heavy atom. The standard InChI is InChI=1S/C15H13ClF2N2O3/c1-23-11-3-8(16)2-10(6-11)19-15(22)20-14-5-9(17)4-13(18)12(14)7-21/h2-6,21H,7H2,1H3,(H2,19,20,22). The van der Waals surface area contributed by atoms with Crippen LogP contribution in [0.2, 0.25) is 5.02 Å². The molecule has 8 heteroatoms. The Labute approximate surface area is 135 Å². The molecule has 2 aromatic carbocycles. The molecule has 0 saturated heterocycles. The second-order valence-corrected chi connectivity index (χ2v) is 4.97. The molecule has 2 rings (SSSR count). The average molecular weight is 343 g/mol. The summed E-state index contributed by atoms with van der Waals surface area (Å²) >= 11 is 5.88. The number of rotatable bonds is 4. The van der Waals surface area contributed by atoms with Gasteiger partial charge in [0.1, 0.15) is 17.4 Å². The molecule has 0 heterocycles. The summed E-state index contributed by atoms with van der Waals surface area (Å²) in [5.74, 6) is -1.40. The highest BCUT2D eigenvalue weighted by molar-refractivity contribution is 6.31. The molecule has 0 saturated carbocycles. The van der Waals surface area contributed by atoms with Gasteiger partial charge in [0, 0.05) is 28.4 Å². The number of methoxy groups -OCH3 is 1. The van der Waals surface area contributed by atoms with Gasteiger partial charge in [-0.05, 0) is 18.2 Å². The molecule has 0 aliphatic heterocycles. The SMILES string of the molecule is COc1cc(Cl)cc(NC(=O)Nc2cc(F)cc(F)c2CO)c1. The maximum atomic E-state index is 13.5. The molecule has 0 aromatic heterocycles. The summed E-state index contributed by atoms with van der Waals surface area (Å²) in [5.41, 5.74) is -0.0593. The molecule has 0 aliphatic rings. The van der Waals surface area contributed by atoms with Crippen molar-refractivity contribution in [1.82, 2.24) is 0 Å². The minimum Gasteiger partial charge on any atom is -0.497 e. The van der Waals surface area contributed by atoms with E-state index in [1.807, 2.05) is 0 Å². The van der Waals surface area contributed by atoms with Gasteiger partial charge in [0.25, 0.3) is 0 Å². The van der Waals surface area contributed by atoms with Crippen LogP contribution in [0, 0.1) is 11.6 Å². The molecule has 0 aliphatic carbocycles. The van der Waals surface area contributed by atoms with E-state index in [4.69, 9.17) is 21.4 Å². The summed E-state index contributed by atoms with van der Waals surface area (Å²) in [4.78, 5) is 12.0. The van der Waals surface area contributed by atoms with Gasteiger partial charge in [0.05, 0.1) is 19.4 Å². The van der Waals surface area contributed by atoms with Crippen molar-refractivity contribution in [3.05, 3.63) is 52.6 Å². The van der Waals surface area contributed by atoms with E-state index < -0.39 is 24.3 Å². The van der Waals surface area contributed by atoms with Gasteiger partial charge in [0.15, 0.2) is 0 Å². The van der Waals surface area contributed by atoms with Crippen molar-refractivity contribution in [3.8, 4) is 5.75 Å². The number of ether oxygens (including phenoxy) is 1. The first-order valence-electron chi connectivity index (χ1n) is 6.44. The van der Waals surface area contributed by atoms with E-state index in [0.29, 0.717) is 22.5 Å². The van der Waals surface area contributed by atoms with E-state index in [0.717, 1.165) is 6.07 Å². The van der Waals surface area contributed by atoms with Crippen LogP contribution in [0.4, 0.5) is 25.0 Å². The number of aliphatic hydroxyl groups is 1. The molecular weight excluding hydrogens is 330 g/mol. The van der Waals surface area contributed by atoms with Crippen LogP contribution < -0.4 is 15.4 Å². The van der Waals surface area contributed by atoms with Gasteiger partial charge >= 0.3 is 6.03 Å². The van der Waals surface area contributed by atoms with Crippen LogP contribution in [-0.2, 0) is 6.61 Å². The largest absolute Gasteiger partial charge is 0.497 e. The van der Waals surface area contributed by atoms with Crippen molar-refractivity contribution in [1.29, 1.82) is 0 Å². The van der Waals surface area contributed by atoms with Gasteiger partial charge < -0.3 is 20.5 Å². The summed E-state index contributed by atoms with van der Waals surface area (Å²) in [6, 6.07) is 5.32. The van der Waals surface area contributed by atoms with Crippen LogP contribution in [0.15, 0.2) is 30.3 Å². The van der Waals surface area contributed by atoms with Crippen molar-refractivity contribution in [2.24, 2.45) is 0 Å². The fourth-order valence-electron chi connectivity index (χ4n) is 1.91. The molecule has 2 amide bonds. The number of hydrogen-bond acceptors (Lipinski definition) is 3. The lowest BCUT2D eigenvalue weighted by atomic mass is 10.1. The second-order valence-electron chi connectivity index (χ2n) is 4.53. The first-order valence-corrected chi connectivity index (χ1v) is 6.82. The van der Waals surface area contributed by atoms with Gasteiger partial charge in [-0.1, -0.05) is 11.6 Å². The third-order valence-corrected chi connectivity index (χ3v) is 3.15. The third kappa shape index (κ3) is 4.30. The van der Waals surface area contributed by atoms with Crippen molar-refractivity contribution in [2.45, 2.75) is 6.61 Å². The van der Waals surface area contributed by atoms with E-state index in [9.17, 15) is 13.6 Å². The number of anilines is 2. The van der Waals surface area contributed by atoms with Crippen LogP contribution in [0.25, 0.3) is 0 Å². The van der Waals surface area contributed by atoms with Gasteiger partial charge in [-0.3, -0.25) is 0 Å². The average Bonchev–Trinajstić information content (AvgIpc) is 2.45. The molecule has 0 fully saturated rings. The zero-order valence-corrected chi connectivity index (χ0v) is 12.7. The summed E-state index contributed by atoms with van der Waals surface area (Å²) in [7, 11) is 1.44. The number of carbonyl (C=O) groups excluding carboxylic acids is 1. The lowest BCUT2D eigenvalue weighted by molar-refractivity contribution is 0.261. The Morgan fingerprint density at radius 1 is 1.22 bits per heavy atom. The first kappa shape index (κ1) is 17.0. The molecule has 0 spiro atoms. The van der Waals surface area contributed by atoms with Crippen LogP contribution in [0.5, 0.6) is 5.75 Å². The predicted octanol–water partition coefficient (Wildman–Crippen LogP) is 3.76. The summed E-state index contributed by atoms with van der Waals surface area (Å²) < 4.78 is 31.8. The summed E-state index contributed by atoms with van der Waals surface area (Å²) in [5, 5.41) is 14.2. The van der Waals surface area contributed by atoms with Crippen molar-refractivity contribution < 1.29 is 23.4 Å². The van der Waals surface area contributed by atoms with Gasteiger partial charge in [-0.15, -0.1) is 0 Å². The molecular formula is C15H13ClF2N2O3. The molecule has 5 nitrogen and oxygen atoms in total. The fraction of sp³-hybridized carbons (Fsp3) is 0.133. The van der Waals surface area contributed by atoms with Crippen molar-refractivity contribution >= 4 is 29.0 Å². The normalized spacial score (nSPS) is 10.3. The highest BCUT2D eigenvalue weighted by atomic mass is 35.5. The first-order chi connectivity index (χ1) is 10.9. The topological polar surface area (TPSA) is 70.6 Å². The number of aliphatic hydroxyl groups excluding tert-OH is 1. The van der Waals surface area contributed by atoms with Gasteiger partial charge in [0.2, 0.25) is 0 Å². The summed E-state index contributed by atoms with van der Waals surface area (Å²) in [6.45, 7) is -0.688.